The van der Waals surface area contributed by atoms with E-state index >= 15 is 0 Å². The first-order chi connectivity index (χ1) is 13.3. The zero-order valence-electron chi connectivity index (χ0n) is 14.8. The van der Waals surface area contributed by atoms with Crippen molar-refractivity contribution in [2.75, 3.05) is 0 Å². The van der Waals surface area contributed by atoms with Gasteiger partial charge in [0.2, 0.25) is 11.8 Å². The van der Waals surface area contributed by atoms with Gasteiger partial charge in [0, 0.05) is 24.4 Å². The molecule has 27 heavy (non-hydrogen) atoms. The van der Waals surface area contributed by atoms with Crippen LogP contribution >= 0.6 is 11.8 Å². The first kappa shape index (κ1) is 17.4. The Labute approximate surface area is 160 Å². The summed E-state index contributed by atoms with van der Waals surface area (Å²) in [7, 11) is 0. The van der Waals surface area contributed by atoms with Crippen molar-refractivity contribution >= 4 is 11.8 Å². The molecule has 0 saturated heterocycles. The molecule has 0 radical (unpaired) electrons. The average Bonchev–Trinajstić information content (AvgIpc) is 3.35. The molecule has 0 aliphatic heterocycles. The standard InChI is InChI=1S/C19H18N6OS/c1-2-16-21-22-17(26-16)13-27-19-24-23-18(15-9-6-10-20-11-15)25(19)12-14-7-4-3-5-8-14/h3-11H,2,12-13H2,1H3. The second-order valence-corrected chi connectivity index (χ2v) is 6.79. The summed E-state index contributed by atoms with van der Waals surface area (Å²) in [5.74, 6) is 2.57. The molecule has 0 saturated carbocycles. The molecule has 3 heterocycles. The van der Waals surface area contributed by atoms with Crippen molar-refractivity contribution in [3.05, 3.63) is 72.2 Å². The number of nitrogens with zero attached hydrogens (tertiary/aromatic N) is 6. The summed E-state index contributed by atoms with van der Waals surface area (Å²) in [4.78, 5) is 4.20. The van der Waals surface area contributed by atoms with Gasteiger partial charge in [-0.25, -0.2) is 0 Å². The molecule has 0 aliphatic carbocycles. The van der Waals surface area contributed by atoms with Crippen molar-refractivity contribution in [3.63, 3.8) is 0 Å². The quantitative estimate of drug-likeness (QED) is 0.454. The van der Waals surface area contributed by atoms with E-state index in [0.29, 0.717) is 24.1 Å². The lowest BCUT2D eigenvalue weighted by atomic mass is 10.2. The van der Waals surface area contributed by atoms with Crippen molar-refractivity contribution < 1.29 is 4.42 Å². The van der Waals surface area contributed by atoms with Crippen LogP contribution < -0.4 is 0 Å². The lowest BCUT2D eigenvalue weighted by Crippen LogP contribution is -2.04. The van der Waals surface area contributed by atoms with Crippen molar-refractivity contribution in [1.82, 2.24) is 29.9 Å². The van der Waals surface area contributed by atoms with Gasteiger partial charge in [0.25, 0.3) is 0 Å². The first-order valence-electron chi connectivity index (χ1n) is 8.65. The number of benzene rings is 1. The van der Waals surface area contributed by atoms with Gasteiger partial charge in [-0.1, -0.05) is 49.0 Å². The average molecular weight is 378 g/mol. The van der Waals surface area contributed by atoms with Crippen molar-refractivity contribution in [3.8, 4) is 11.4 Å². The second-order valence-electron chi connectivity index (χ2n) is 5.85. The van der Waals surface area contributed by atoms with Gasteiger partial charge in [0.1, 0.15) is 0 Å². The lowest BCUT2D eigenvalue weighted by molar-refractivity contribution is 0.469. The Hall–Kier alpha value is -3.00. The van der Waals surface area contributed by atoms with E-state index in [1.165, 1.54) is 17.3 Å². The minimum Gasteiger partial charge on any atom is -0.424 e. The molecule has 0 spiro atoms. The van der Waals surface area contributed by atoms with E-state index in [4.69, 9.17) is 4.42 Å². The minimum atomic E-state index is 0.549. The molecule has 136 valence electrons. The molecular weight excluding hydrogens is 360 g/mol. The highest BCUT2D eigenvalue weighted by atomic mass is 32.2. The van der Waals surface area contributed by atoms with E-state index in [2.05, 4.69) is 42.1 Å². The summed E-state index contributed by atoms with van der Waals surface area (Å²) in [6.07, 6.45) is 4.27. The van der Waals surface area contributed by atoms with Gasteiger partial charge in [-0.15, -0.1) is 20.4 Å². The molecule has 0 fully saturated rings. The topological polar surface area (TPSA) is 82.5 Å². The largest absolute Gasteiger partial charge is 0.424 e. The summed E-state index contributed by atoms with van der Waals surface area (Å²) in [5.41, 5.74) is 2.11. The maximum absolute atomic E-state index is 5.59. The van der Waals surface area contributed by atoms with Crippen LogP contribution in [0.15, 0.2) is 64.4 Å². The number of aryl methyl sites for hydroxylation is 1. The molecule has 7 nitrogen and oxygen atoms in total. The summed E-state index contributed by atoms with van der Waals surface area (Å²) in [5, 5.41) is 17.7. The van der Waals surface area contributed by atoms with Crippen molar-refractivity contribution in [1.29, 1.82) is 0 Å². The molecule has 0 amide bonds. The highest BCUT2D eigenvalue weighted by Gasteiger charge is 2.16. The maximum atomic E-state index is 5.59. The van der Waals surface area contributed by atoms with Gasteiger partial charge < -0.3 is 4.42 Å². The van der Waals surface area contributed by atoms with Crippen LogP contribution in [0.5, 0.6) is 0 Å². The summed E-state index contributed by atoms with van der Waals surface area (Å²) in [6, 6.07) is 14.1. The van der Waals surface area contributed by atoms with E-state index in [1.807, 2.05) is 37.3 Å². The van der Waals surface area contributed by atoms with Crippen LogP contribution in [-0.4, -0.2) is 29.9 Å². The van der Waals surface area contributed by atoms with Crippen molar-refractivity contribution in [2.24, 2.45) is 0 Å². The normalized spacial score (nSPS) is 11.0. The number of hydrogen-bond donors (Lipinski definition) is 0. The fourth-order valence-electron chi connectivity index (χ4n) is 2.63. The Morgan fingerprint density at radius 2 is 1.81 bits per heavy atom. The third-order valence-electron chi connectivity index (χ3n) is 3.96. The van der Waals surface area contributed by atoms with Crippen LogP contribution in [0.25, 0.3) is 11.4 Å². The van der Waals surface area contributed by atoms with E-state index in [9.17, 15) is 0 Å². The second kappa shape index (κ2) is 8.13. The van der Waals surface area contributed by atoms with Gasteiger partial charge in [-0.05, 0) is 17.7 Å². The highest BCUT2D eigenvalue weighted by Crippen LogP contribution is 2.26. The molecule has 0 aliphatic rings. The Morgan fingerprint density at radius 1 is 0.963 bits per heavy atom. The molecule has 4 aromatic rings. The van der Waals surface area contributed by atoms with Crippen LogP contribution in [0.1, 0.15) is 24.3 Å². The van der Waals surface area contributed by atoms with E-state index in [0.717, 1.165) is 23.0 Å². The first-order valence-corrected chi connectivity index (χ1v) is 9.63. The van der Waals surface area contributed by atoms with Gasteiger partial charge in [-0.2, -0.15) is 0 Å². The zero-order valence-corrected chi connectivity index (χ0v) is 15.6. The molecule has 0 atom stereocenters. The van der Waals surface area contributed by atoms with Crippen molar-refractivity contribution in [2.45, 2.75) is 30.8 Å². The number of hydrogen-bond acceptors (Lipinski definition) is 7. The number of aromatic nitrogens is 6. The van der Waals surface area contributed by atoms with E-state index in [-0.39, 0.29) is 0 Å². The lowest BCUT2D eigenvalue weighted by Gasteiger charge is -2.10. The van der Waals surface area contributed by atoms with Crippen LogP contribution in [-0.2, 0) is 18.7 Å². The van der Waals surface area contributed by atoms with Crippen LogP contribution in [0.3, 0.4) is 0 Å². The summed E-state index contributed by atoms with van der Waals surface area (Å²) < 4.78 is 7.69. The maximum Gasteiger partial charge on any atom is 0.226 e. The Kier molecular flexibility index (Phi) is 5.24. The third kappa shape index (κ3) is 4.06. The number of rotatable bonds is 7. The highest BCUT2D eigenvalue weighted by molar-refractivity contribution is 7.98. The number of pyridine rings is 1. The predicted molar refractivity (Wildman–Crippen MR) is 102 cm³/mol. The molecule has 0 unspecified atom stereocenters. The molecule has 0 bridgehead atoms. The molecule has 3 aromatic heterocycles. The summed E-state index contributed by atoms with van der Waals surface area (Å²) in [6.45, 7) is 2.66. The zero-order chi connectivity index (χ0) is 18.5. The van der Waals surface area contributed by atoms with Crippen LogP contribution in [0.2, 0.25) is 0 Å². The molecule has 4 rings (SSSR count). The molecule has 1 aromatic carbocycles. The minimum absolute atomic E-state index is 0.549. The predicted octanol–water partition coefficient (Wildman–Crippen LogP) is 3.63. The van der Waals surface area contributed by atoms with Crippen LogP contribution in [0.4, 0.5) is 0 Å². The fraction of sp³-hybridized carbons (Fsp3) is 0.211. The Bertz CT molecular complexity index is 999. The van der Waals surface area contributed by atoms with E-state index in [1.54, 1.807) is 12.4 Å². The van der Waals surface area contributed by atoms with Gasteiger partial charge in [0.05, 0.1) is 12.3 Å². The van der Waals surface area contributed by atoms with E-state index < -0.39 is 0 Å². The third-order valence-corrected chi connectivity index (χ3v) is 4.91. The molecule has 0 N–H and O–H groups in total. The van der Waals surface area contributed by atoms with Gasteiger partial charge in [-0.3, -0.25) is 9.55 Å². The van der Waals surface area contributed by atoms with Crippen LogP contribution in [0, 0.1) is 0 Å². The molecular formula is C19H18N6OS. The van der Waals surface area contributed by atoms with Gasteiger partial charge in [0.15, 0.2) is 11.0 Å². The molecule has 8 heteroatoms. The van der Waals surface area contributed by atoms with Gasteiger partial charge >= 0.3 is 0 Å². The number of thioether (sulfide) groups is 1. The smallest absolute Gasteiger partial charge is 0.226 e. The monoisotopic (exact) mass is 378 g/mol. The summed E-state index contributed by atoms with van der Waals surface area (Å²) >= 11 is 1.53. The Balaban J connectivity index is 1.63. The Morgan fingerprint density at radius 3 is 2.56 bits per heavy atom. The SMILES string of the molecule is CCc1nnc(CSc2nnc(-c3cccnc3)n2Cc2ccccc2)o1. The fourth-order valence-corrected chi connectivity index (χ4v) is 3.40.